The van der Waals surface area contributed by atoms with Gasteiger partial charge in [0.2, 0.25) is 0 Å². The number of hydrogen-bond acceptors (Lipinski definition) is 5. The fraction of sp³-hybridized carbons (Fsp3) is 0.625. The van der Waals surface area contributed by atoms with Crippen molar-refractivity contribution in [3.63, 3.8) is 0 Å². The smallest absolute Gasteiger partial charge is 0.179 e. The van der Waals surface area contributed by atoms with Crippen LogP contribution in [0.2, 0.25) is 5.02 Å². The van der Waals surface area contributed by atoms with Crippen LogP contribution < -0.4 is 14.8 Å². The number of hydrogen-bond donors (Lipinski definition) is 2. The lowest BCUT2D eigenvalue weighted by Crippen LogP contribution is -2.44. The van der Waals surface area contributed by atoms with Crippen molar-refractivity contribution in [3.8, 4) is 11.5 Å². The summed E-state index contributed by atoms with van der Waals surface area (Å²) in [6.07, 6.45) is 1.32. The van der Waals surface area contributed by atoms with Crippen molar-refractivity contribution in [3.05, 3.63) is 22.7 Å². The van der Waals surface area contributed by atoms with E-state index in [1.54, 1.807) is 7.11 Å². The van der Waals surface area contributed by atoms with E-state index >= 15 is 0 Å². The monoisotopic (exact) mass is 329 g/mol. The maximum atomic E-state index is 10.4. The van der Waals surface area contributed by atoms with Crippen LogP contribution in [0.15, 0.2) is 12.1 Å². The van der Waals surface area contributed by atoms with Gasteiger partial charge in [-0.3, -0.25) is 0 Å². The van der Waals surface area contributed by atoms with Crippen LogP contribution in [-0.2, 0) is 11.3 Å². The molecule has 0 unspecified atom stereocenters. The second-order valence-corrected chi connectivity index (χ2v) is 5.89. The zero-order chi connectivity index (χ0) is 16.0. The van der Waals surface area contributed by atoms with E-state index in [4.69, 9.17) is 25.8 Å². The summed E-state index contributed by atoms with van der Waals surface area (Å²) in [4.78, 5) is 0. The molecule has 1 fully saturated rings. The van der Waals surface area contributed by atoms with Gasteiger partial charge in [-0.1, -0.05) is 11.6 Å². The first-order chi connectivity index (χ1) is 10.6. The first-order valence-corrected chi connectivity index (χ1v) is 7.96. The van der Waals surface area contributed by atoms with Gasteiger partial charge in [0.1, 0.15) is 0 Å². The molecule has 0 atom stereocenters. The summed E-state index contributed by atoms with van der Waals surface area (Å²) in [5, 5.41) is 14.2. The van der Waals surface area contributed by atoms with Gasteiger partial charge in [0.15, 0.2) is 11.5 Å². The highest BCUT2D eigenvalue weighted by molar-refractivity contribution is 6.32. The van der Waals surface area contributed by atoms with Gasteiger partial charge in [-0.2, -0.15) is 0 Å². The SMILES string of the molecule is CCOc1c(Cl)cc(CNCC2(O)CCOCC2)cc1OC. The number of rotatable bonds is 7. The standard InChI is InChI=1S/C16H24ClNO4/c1-3-22-15-13(17)8-12(9-14(15)20-2)10-18-11-16(19)4-6-21-7-5-16/h8-9,18-19H,3-7,10-11H2,1-2H3. The minimum Gasteiger partial charge on any atom is -0.493 e. The number of aliphatic hydroxyl groups is 1. The molecule has 124 valence electrons. The van der Waals surface area contributed by atoms with Gasteiger partial charge in [-0.25, -0.2) is 0 Å². The third kappa shape index (κ3) is 4.49. The van der Waals surface area contributed by atoms with E-state index in [1.165, 1.54) is 0 Å². The summed E-state index contributed by atoms with van der Waals surface area (Å²) in [6, 6.07) is 3.76. The third-order valence-electron chi connectivity index (χ3n) is 3.78. The van der Waals surface area contributed by atoms with Crippen LogP contribution in [0.5, 0.6) is 11.5 Å². The van der Waals surface area contributed by atoms with Crippen LogP contribution in [-0.4, -0.2) is 44.2 Å². The maximum absolute atomic E-state index is 10.4. The van der Waals surface area contributed by atoms with E-state index in [0.29, 0.717) is 62.3 Å². The number of nitrogens with one attached hydrogen (secondary N) is 1. The minimum absolute atomic E-state index is 0.530. The summed E-state index contributed by atoms with van der Waals surface area (Å²) >= 11 is 6.25. The molecule has 1 saturated heterocycles. The predicted octanol–water partition coefficient (Wildman–Crippen LogP) is 2.38. The predicted molar refractivity (Wildman–Crippen MR) is 85.9 cm³/mol. The van der Waals surface area contributed by atoms with Crippen molar-refractivity contribution in [2.24, 2.45) is 0 Å². The summed E-state index contributed by atoms with van der Waals surface area (Å²) in [7, 11) is 1.59. The first-order valence-electron chi connectivity index (χ1n) is 7.58. The van der Waals surface area contributed by atoms with Crippen LogP contribution in [0.3, 0.4) is 0 Å². The summed E-state index contributed by atoms with van der Waals surface area (Å²) in [5.41, 5.74) is 0.304. The number of benzene rings is 1. The molecule has 0 aliphatic carbocycles. The fourth-order valence-electron chi connectivity index (χ4n) is 2.53. The summed E-state index contributed by atoms with van der Waals surface area (Å²) in [5.74, 6) is 1.19. The van der Waals surface area contributed by atoms with Crippen molar-refractivity contribution in [1.29, 1.82) is 0 Å². The Balaban J connectivity index is 1.96. The van der Waals surface area contributed by atoms with Crippen molar-refractivity contribution in [2.45, 2.75) is 31.9 Å². The average molecular weight is 330 g/mol. The topological polar surface area (TPSA) is 60.0 Å². The molecule has 5 nitrogen and oxygen atoms in total. The van der Waals surface area contributed by atoms with Crippen LogP contribution in [0.4, 0.5) is 0 Å². The van der Waals surface area contributed by atoms with Crippen LogP contribution >= 0.6 is 11.6 Å². The molecular formula is C16H24ClNO4. The molecule has 0 bridgehead atoms. The lowest BCUT2D eigenvalue weighted by atomic mass is 9.94. The summed E-state index contributed by atoms with van der Waals surface area (Å²) in [6.45, 7) is 4.79. The molecule has 0 spiro atoms. The Labute approximate surface area is 136 Å². The van der Waals surface area contributed by atoms with Gasteiger partial charge in [0, 0.05) is 39.1 Å². The summed E-state index contributed by atoms with van der Waals surface area (Å²) < 4.78 is 16.1. The second-order valence-electron chi connectivity index (χ2n) is 5.48. The highest BCUT2D eigenvalue weighted by Crippen LogP contribution is 2.36. The zero-order valence-corrected chi connectivity index (χ0v) is 13.9. The number of methoxy groups -OCH3 is 1. The largest absolute Gasteiger partial charge is 0.493 e. The van der Waals surface area contributed by atoms with Crippen molar-refractivity contribution >= 4 is 11.6 Å². The lowest BCUT2D eigenvalue weighted by Gasteiger charge is -2.32. The van der Waals surface area contributed by atoms with E-state index in [1.807, 2.05) is 19.1 Å². The van der Waals surface area contributed by atoms with Gasteiger partial charge in [-0.05, 0) is 24.6 Å². The van der Waals surface area contributed by atoms with Crippen molar-refractivity contribution < 1.29 is 19.3 Å². The van der Waals surface area contributed by atoms with Crippen LogP contribution in [0.1, 0.15) is 25.3 Å². The molecule has 0 aromatic heterocycles. The van der Waals surface area contributed by atoms with Crippen LogP contribution in [0, 0.1) is 0 Å². The van der Waals surface area contributed by atoms with Gasteiger partial charge >= 0.3 is 0 Å². The second kappa shape index (κ2) is 8.02. The first kappa shape index (κ1) is 17.3. The maximum Gasteiger partial charge on any atom is 0.179 e. The molecule has 22 heavy (non-hydrogen) atoms. The molecule has 1 heterocycles. The minimum atomic E-state index is -0.683. The van der Waals surface area contributed by atoms with Gasteiger partial charge in [-0.15, -0.1) is 0 Å². The quantitative estimate of drug-likeness (QED) is 0.804. The van der Waals surface area contributed by atoms with E-state index in [9.17, 15) is 5.11 Å². The molecule has 1 aliphatic heterocycles. The Bertz CT molecular complexity index is 489. The molecular weight excluding hydrogens is 306 g/mol. The number of ether oxygens (including phenoxy) is 3. The molecule has 1 aromatic carbocycles. The third-order valence-corrected chi connectivity index (χ3v) is 4.07. The molecule has 0 radical (unpaired) electrons. The van der Waals surface area contributed by atoms with Gasteiger partial charge in [0.25, 0.3) is 0 Å². The molecule has 1 aliphatic rings. The van der Waals surface area contributed by atoms with E-state index in [2.05, 4.69) is 5.32 Å². The lowest BCUT2D eigenvalue weighted by molar-refractivity contribution is -0.0617. The highest BCUT2D eigenvalue weighted by Gasteiger charge is 2.29. The average Bonchev–Trinajstić information content (AvgIpc) is 2.50. The Morgan fingerprint density at radius 3 is 2.73 bits per heavy atom. The van der Waals surface area contributed by atoms with E-state index < -0.39 is 5.60 Å². The van der Waals surface area contributed by atoms with E-state index in [0.717, 1.165) is 5.56 Å². The van der Waals surface area contributed by atoms with Gasteiger partial charge in [0.05, 0.1) is 24.3 Å². The Morgan fingerprint density at radius 1 is 1.36 bits per heavy atom. The van der Waals surface area contributed by atoms with Crippen LogP contribution in [0.25, 0.3) is 0 Å². The normalized spacial score (nSPS) is 17.3. The van der Waals surface area contributed by atoms with Gasteiger partial charge < -0.3 is 24.6 Å². The van der Waals surface area contributed by atoms with Crippen molar-refractivity contribution in [1.82, 2.24) is 5.32 Å². The Morgan fingerprint density at radius 2 is 2.09 bits per heavy atom. The highest BCUT2D eigenvalue weighted by atomic mass is 35.5. The molecule has 0 amide bonds. The van der Waals surface area contributed by atoms with Crippen molar-refractivity contribution in [2.75, 3.05) is 33.5 Å². The molecule has 2 N–H and O–H groups in total. The molecule has 6 heteroatoms. The Kier molecular flexibility index (Phi) is 6.32. The number of halogens is 1. The molecule has 1 aromatic rings. The van der Waals surface area contributed by atoms with E-state index in [-0.39, 0.29) is 0 Å². The fourth-order valence-corrected chi connectivity index (χ4v) is 2.82. The zero-order valence-electron chi connectivity index (χ0n) is 13.2. The molecule has 0 saturated carbocycles. The Hall–Kier alpha value is -1.01. The molecule has 2 rings (SSSR count).